The Morgan fingerprint density at radius 2 is 1.80 bits per heavy atom. The molecule has 0 N–H and O–H groups in total. The summed E-state index contributed by atoms with van der Waals surface area (Å²) >= 11 is 0. The maximum atomic E-state index is 12.8. The lowest BCUT2D eigenvalue weighted by Crippen LogP contribution is -2.48. The predicted octanol–water partition coefficient (Wildman–Crippen LogP) is 3.11. The van der Waals surface area contributed by atoms with Crippen LogP contribution in [-0.4, -0.2) is 48.4 Å². The quantitative estimate of drug-likeness (QED) is 0.795. The zero-order valence-electron chi connectivity index (χ0n) is 13.5. The third-order valence-electron chi connectivity index (χ3n) is 4.23. The smallest absolute Gasteiger partial charge is 0.369 e. The van der Waals surface area contributed by atoms with Crippen LogP contribution in [0.2, 0.25) is 0 Å². The van der Waals surface area contributed by atoms with E-state index in [1.165, 1.54) is 12.1 Å². The summed E-state index contributed by atoms with van der Waals surface area (Å²) in [5, 5.41) is 0. The summed E-state index contributed by atoms with van der Waals surface area (Å²) in [4.78, 5) is 20.1. The highest BCUT2D eigenvalue weighted by Gasteiger charge is 2.31. The van der Waals surface area contributed by atoms with Crippen molar-refractivity contribution in [3.05, 3.63) is 59.9 Å². The molecule has 1 fully saturated rings. The maximum absolute atomic E-state index is 12.8. The van der Waals surface area contributed by atoms with Crippen LogP contribution in [0.1, 0.15) is 16.1 Å². The van der Waals surface area contributed by atoms with E-state index in [1.54, 1.807) is 30.5 Å². The number of aromatic nitrogens is 1. The Bertz CT molecular complexity index is 726. The minimum absolute atomic E-state index is 0.0480. The van der Waals surface area contributed by atoms with Crippen molar-refractivity contribution >= 4 is 11.5 Å². The van der Waals surface area contributed by atoms with Gasteiger partial charge in [0, 0.05) is 38.1 Å². The molecule has 0 amide bonds. The molecule has 2 aromatic rings. The van der Waals surface area contributed by atoms with E-state index in [9.17, 15) is 18.0 Å². The lowest BCUT2D eigenvalue weighted by molar-refractivity contribution is -0.137. The summed E-state index contributed by atoms with van der Waals surface area (Å²) in [6.07, 6.45) is -2.76. The highest BCUT2D eigenvalue weighted by Crippen LogP contribution is 2.31. The SMILES string of the molecule is O=C(CN1CCN(c2cccc(C(F)(F)F)c2)CC1)c1ccccn1. The van der Waals surface area contributed by atoms with Crippen molar-refractivity contribution in [1.29, 1.82) is 0 Å². The third-order valence-corrected chi connectivity index (χ3v) is 4.23. The van der Waals surface area contributed by atoms with Crippen LogP contribution in [0.3, 0.4) is 0 Å². The molecule has 0 atom stereocenters. The number of nitrogens with zero attached hydrogens (tertiary/aromatic N) is 3. The number of hydrogen-bond acceptors (Lipinski definition) is 4. The molecule has 4 nitrogen and oxygen atoms in total. The zero-order valence-corrected chi connectivity index (χ0v) is 13.5. The van der Waals surface area contributed by atoms with Gasteiger partial charge in [-0.2, -0.15) is 13.2 Å². The van der Waals surface area contributed by atoms with E-state index in [4.69, 9.17) is 0 Å². The second kappa shape index (κ2) is 7.23. The van der Waals surface area contributed by atoms with Gasteiger partial charge in [0.05, 0.1) is 12.1 Å². The average molecular weight is 349 g/mol. The van der Waals surface area contributed by atoms with Crippen LogP contribution in [0.4, 0.5) is 18.9 Å². The maximum Gasteiger partial charge on any atom is 0.416 e. The summed E-state index contributed by atoms with van der Waals surface area (Å²) in [5.74, 6) is -0.0480. The molecule has 0 spiro atoms. The number of benzene rings is 1. The van der Waals surface area contributed by atoms with Gasteiger partial charge in [0.15, 0.2) is 5.78 Å². The Labute approximate surface area is 143 Å². The first-order valence-electron chi connectivity index (χ1n) is 8.02. The minimum Gasteiger partial charge on any atom is -0.369 e. The molecule has 0 aliphatic carbocycles. The number of Topliss-reactive ketones (excluding diaryl/α,β-unsaturated/α-hetero) is 1. The number of alkyl halides is 3. The number of rotatable bonds is 4. The Kier molecular flexibility index (Phi) is 5.03. The van der Waals surface area contributed by atoms with Gasteiger partial charge in [0.25, 0.3) is 0 Å². The fraction of sp³-hybridized carbons (Fsp3) is 0.333. The van der Waals surface area contributed by atoms with Gasteiger partial charge in [-0.3, -0.25) is 14.7 Å². The molecule has 3 rings (SSSR count). The third kappa shape index (κ3) is 4.36. The van der Waals surface area contributed by atoms with Gasteiger partial charge in [0.1, 0.15) is 5.69 Å². The van der Waals surface area contributed by atoms with Gasteiger partial charge in [-0.1, -0.05) is 12.1 Å². The molecule has 1 saturated heterocycles. The van der Waals surface area contributed by atoms with Gasteiger partial charge in [-0.25, -0.2) is 0 Å². The van der Waals surface area contributed by atoms with Crippen LogP contribution in [0.5, 0.6) is 0 Å². The van der Waals surface area contributed by atoms with Gasteiger partial charge >= 0.3 is 6.18 Å². The second-order valence-electron chi connectivity index (χ2n) is 5.95. The van der Waals surface area contributed by atoms with Crippen LogP contribution >= 0.6 is 0 Å². The predicted molar refractivity (Wildman–Crippen MR) is 88.7 cm³/mol. The summed E-state index contributed by atoms with van der Waals surface area (Å²) in [6.45, 7) is 2.67. The molecule has 7 heteroatoms. The Morgan fingerprint density at radius 1 is 1.04 bits per heavy atom. The van der Waals surface area contributed by atoms with E-state index in [2.05, 4.69) is 4.98 Å². The monoisotopic (exact) mass is 349 g/mol. The largest absolute Gasteiger partial charge is 0.416 e. The van der Waals surface area contributed by atoms with Crippen molar-refractivity contribution in [2.24, 2.45) is 0 Å². The molecule has 0 radical (unpaired) electrons. The zero-order chi connectivity index (χ0) is 17.9. The number of ketones is 1. The number of carbonyl (C=O) groups is 1. The van der Waals surface area contributed by atoms with E-state index in [1.807, 2.05) is 9.80 Å². The van der Waals surface area contributed by atoms with Crippen LogP contribution in [0.25, 0.3) is 0 Å². The van der Waals surface area contributed by atoms with E-state index >= 15 is 0 Å². The van der Waals surface area contributed by atoms with Crippen molar-refractivity contribution in [3.63, 3.8) is 0 Å². The molecular formula is C18H18F3N3O. The Hall–Kier alpha value is -2.41. The van der Waals surface area contributed by atoms with Crippen molar-refractivity contribution in [2.45, 2.75) is 6.18 Å². The standard InChI is InChI=1S/C18H18F3N3O/c19-18(20,21)14-4-3-5-15(12-14)24-10-8-23(9-11-24)13-17(25)16-6-1-2-7-22-16/h1-7,12H,8-11,13H2. The molecule has 1 aromatic carbocycles. The second-order valence-corrected chi connectivity index (χ2v) is 5.95. The molecule has 2 heterocycles. The van der Waals surface area contributed by atoms with Gasteiger partial charge in [0.2, 0.25) is 0 Å². The lowest BCUT2D eigenvalue weighted by Gasteiger charge is -2.35. The number of carbonyl (C=O) groups excluding carboxylic acids is 1. The van der Waals surface area contributed by atoms with E-state index < -0.39 is 11.7 Å². The van der Waals surface area contributed by atoms with Gasteiger partial charge < -0.3 is 4.90 Å². The molecule has 0 unspecified atom stereocenters. The molecular weight excluding hydrogens is 331 g/mol. The normalized spacial score (nSPS) is 16.0. The fourth-order valence-corrected chi connectivity index (χ4v) is 2.85. The van der Waals surface area contributed by atoms with Crippen molar-refractivity contribution < 1.29 is 18.0 Å². The van der Waals surface area contributed by atoms with Crippen LogP contribution in [-0.2, 0) is 6.18 Å². The molecule has 1 aromatic heterocycles. The number of halogens is 3. The molecule has 0 bridgehead atoms. The van der Waals surface area contributed by atoms with Crippen molar-refractivity contribution in [2.75, 3.05) is 37.6 Å². The molecule has 132 valence electrons. The Morgan fingerprint density at radius 3 is 2.44 bits per heavy atom. The summed E-state index contributed by atoms with van der Waals surface area (Å²) in [7, 11) is 0. The molecule has 1 aliphatic heterocycles. The number of pyridine rings is 1. The Balaban J connectivity index is 1.58. The van der Waals surface area contributed by atoms with Gasteiger partial charge in [-0.05, 0) is 30.3 Å². The minimum atomic E-state index is -4.34. The van der Waals surface area contributed by atoms with Crippen molar-refractivity contribution in [1.82, 2.24) is 9.88 Å². The van der Waals surface area contributed by atoms with E-state index in [0.29, 0.717) is 37.6 Å². The molecule has 25 heavy (non-hydrogen) atoms. The summed E-state index contributed by atoms with van der Waals surface area (Å²) in [5.41, 5.74) is 0.353. The first-order chi connectivity index (χ1) is 11.9. The van der Waals surface area contributed by atoms with E-state index in [-0.39, 0.29) is 12.3 Å². The number of piperazine rings is 1. The highest BCUT2D eigenvalue weighted by atomic mass is 19.4. The lowest BCUT2D eigenvalue weighted by atomic mass is 10.1. The summed E-state index contributed by atoms with van der Waals surface area (Å²) < 4.78 is 38.5. The first kappa shape index (κ1) is 17.4. The fourth-order valence-electron chi connectivity index (χ4n) is 2.85. The topological polar surface area (TPSA) is 36.4 Å². The highest BCUT2D eigenvalue weighted by molar-refractivity contribution is 5.95. The first-order valence-corrected chi connectivity index (χ1v) is 8.02. The molecule has 0 saturated carbocycles. The summed E-state index contributed by atoms with van der Waals surface area (Å²) in [6, 6.07) is 10.6. The van der Waals surface area contributed by atoms with Crippen LogP contribution < -0.4 is 4.90 Å². The van der Waals surface area contributed by atoms with Gasteiger partial charge in [-0.15, -0.1) is 0 Å². The van der Waals surface area contributed by atoms with Crippen LogP contribution in [0.15, 0.2) is 48.7 Å². The van der Waals surface area contributed by atoms with E-state index in [0.717, 1.165) is 6.07 Å². The average Bonchev–Trinajstić information content (AvgIpc) is 2.62. The molecule has 1 aliphatic rings. The number of hydrogen-bond donors (Lipinski definition) is 0. The van der Waals surface area contributed by atoms with Crippen molar-refractivity contribution in [3.8, 4) is 0 Å². The number of anilines is 1. The van der Waals surface area contributed by atoms with Crippen LogP contribution in [0, 0.1) is 0 Å².